The Bertz CT molecular complexity index is 580. The number of anilines is 2. The second-order valence-corrected chi connectivity index (χ2v) is 6.76. The van der Waals surface area contributed by atoms with Crippen LogP contribution < -0.4 is 10.6 Å². The number of hydrogen-bond donors (Lipinski definition) is 1. The maximum atomic E-state index is 12.3. The van der Waals surface area contributed by atoms with Crippen molar-refractivity contribution >= 4 is 60.5 Å². The first kappa shape index (κ1) is 13.5. The van der Waals surface area contributed by atoms with Crippen molar-refractivity contribution in [2.24, 2.45) is 0 Å². The average Bonchev–Trinajstić information content (AvgIpc) is 2.68. The van der Waals surface area contributed by atoms with E-state index in [0.717, 1.165) is 8.26 Å². The number of nitrogens with zero attached hydrogens (tertiary/aromatic N) is 2. The molecule has 2 N–H and O–H groups in total. The highest BCUT2D eigenvalue weighted by atomic mass is 79.9. The van der Waals surface area contributed by atoms with E-state index < -0.39 is 0 Å². The lowest BCUT2D eigenvalue weighted by Crippen LogP contribution is -2.26. The maximum Gasteiger partial charge on any atom is 0.268 e. The predicted molar refractivity (Wildman–Crippen MR) is 81.1 cm³/mol. The lowest BCUT2D eigenvalue weighted by Gasteiger charge is -2.17. The molecule has 0 bridgehead atoms. The van der Waals surface area contributed by atoms with Gasteiger partial charge in [0, 0.05) is 17.7 Å². The Morgan fingerprint density at radius 1 is 1.50 bits per heavy atom. The molecule has 0 aromatic carbocycles. The molecule has 94 valence electrons. The summed E-state index contributed by atoms with van der Waals surface area (Å²) in [7, 11) is 1.69. The number of carbonyl (C=O) groups is 1. The van der Waals surface area contributed by atoms with Gasteiger partial charge in [0.25, 0.3) is 5.91 Å². The SMILES string of the molecule is CN(C(=O)c1cc(Br)c(Br)s1)c1ccncc1N. The molecule has 0 aliphatic carbocycles. The summed E-state index contributed by atoms with van der Waals surface area (Å²) in [4.78, 5) is 18.3. The van der Waals surface area contributed by atoms with Crippen LogP contribution in [0.3, 0.4) is 0 Å². The van der Waals surface area contributed by atoms with Gasteiger partial charge in [0.05, 0.1) is 26.2 Å². The summed E-state index contributed by atoms with van der Waals surface area (Å²) >= 11 is 8.11. The maximum absolute atomic E-state index is 12.3. The lowest BCUT2D eigenvalue weighted by molar-refractivity contribution is 0.0997. The first-order chi connectivity index (χ1) is 8.50. The minimum absolute atomic E-state index is 0.107. The zero-order valence-corrected chi connectivity index (χ0v) is 13.3. The van der Waals surface area contributed by atoms with E-state index in [1.54, 1.807) is 25.4 Å². The number of hydrogen-bond acceptors (Lipinski definition) is 4. The summed E-state index contributed by atoms with van der Waals surface area (Å²) in [5, 5.41) is 0. The van der Waals surface area contributed by atoms with E-state index in [-0.39, 0.29) is 5.91 Å². The first-order valence-corrected chi connectivity index (χ1v) is 7.33. The molecule has 0 saturated heterocycles. The standard InChI is InChI=1S/C11H9Br2N3OS/c1-16(8-2-3-15-5-7(8)14)11(17)9-4-6(12)10(13)18-9/h2-5H,14H2,1H3. The molecule has 0 fully saturated rings. The topological polar surface area (TPSA) is 59.2 Å². The summed E-state index contributed by atoms with van der Waals surface area (Å²) in [6.07, 6.45) is 3.13. The fourth-order valence-corrected chi connectivity index (χ4v) is 3.44. The van der Waals surface area contributed by atoms with Crippen LogP contribution in [0.1, 0.15) is 9.67 Å². The number of carbonyl (C=O) groups excluding carboxylic acids is 1. The summed E-state index contributed by atoms with van der Waals surface area (Å²) in [5.74, 6) is -0.107. The van der Waals surface area contributed by atoms with E-state index in [4.69, 9.17) is 5.73 Å². The van der Waals surface area contributed by atoms with Gasteiger partial charge in [-0.25, -0.2) is 0 Å². The van der Waals surface area contributed by atoms with Gasteiger partial charge in [-0.2, -0.15) is 0 Å². The Morgan fingerprint density at radius 3 is 2.78 bits per heavy atom. The quantitative estimate of drug-likeness (QED) is 0.853. The van der Waals surface area contributed by atoms with Crippen molar-refractivity contribution in [1.82, 2.24) is 4.98 Å². The molecule has 0 spiro atoms. The molecule has 0 aliphatic heterocycles. The number of thiophene rings is 1. The molecule has 1 amide bonds. The molecular formula is C11H9Br2N3OS. The van der Waals surface area contributed by atoms with Crippen LogP contribution >= 0.6 is 43.2 Å². The van der Waals surface area contributed by atoms with Crippen LogP contribution in [-0.2, 0) is 0 Å². The van der Waals surface area contributed by atoms with E-state index in [2.05, 4.69) is 36.8 Å². The zero-order chi connectivity index (χ0) is 13.3. The van der Waals surface area contributed by atoms with E-state index in [1.165, 1.54) is 22.4 Å². The Balaban J connectivity index is 2.32. The van der Waals surface area contributed by atoms with E-state index in [9.17, 15) is 4.79 Å². The second-order valence-electron chi connectivity index (χ2n) is 3.53. The van der Waals surface area contributed by atoms with Gasteiger partial charge < -0.3 is 10.6 Å². The van der Waals surface area contributed by atoms with E-state index in [1.807, 2.05) is 0 Å². The highest BCUT2D eigenvalue weighted by Gasteiger charge is 2.18. The third kappa shape index (κ3) is 2.57. The molecule has 2 rings (SSSR count). The van der Waals surface area contributed by atoms with Gasteiger partial charge in [0.1, 0.15) is 0 Å². The van der Waals surface area contributed by atoms with Crippen molar-refractivity contribution in [1.29, 1.82) is 0 Å². The van der Waals surface area contributed by atoms with Crippen molar-refractivity contribution in [2.75, 3.05) is 17.7 Å². The number of amides is 1. The molecule has 0 atom stereocenters. The minimum Gasteiger partial charge on any atom is -0.396 e. The smallest absolute Gasteiger partial charge is 0.268 e. The lowest BCUT2D eigenvalue weighted by atomic mass is 10.3. The average molecular weight is 391 g/mol. The first-order valence-electron chi connectivity index (χ1n) is 4.93. The second kappa shape index (κ2) is 5.38. The van der Waals surface area contributed by atoms with Crippen molar-refractivity contribution in [2.45, 2.75) is 0 Å². The van der Waals surface area contributed by atoms with Gasteiger partial charge in [-0.05, 0) is 44.0 Å². The summed E-state index contributed by atoms with van der Waals surface area (Å²) in [6, 6.07) is 3.50. The highest BCUT2D eigenvalue weighted by Crippen LogP contribution is 2.33. The number of halogens is 2. The molecule has 2 aromatic heterocycles. The Morgan fingerprint density at radius 2 is 2.22 bits per heavy atom. The molecule has 0 unspecified atom stereocenters. The number of nitrogen functional groups attached to an aromatic ring is 1. The van der Waals surface area contributed by atoms with Crippen LogP contribution in [0.15, 0.2) is 32.8 Å². The Labute approximate surface area is 125 Å². The van der Waals surface area contributed by atoms with Crippen LogP contribution in [0.4, 0.5) is 11.4 Å². The zero-order valence-electron chi connectivity index (χ0n) is 9.35. The molecule has 4 nitrogen and oxygen atoms in total. The van der Waals surface area contributed by atoms with E-state index >= 15 is 0 Å². The van der Waals surface area contributed by atoms with Crippen molar-refractivity contribution < 1.29 is 4.79 Å². The third-order valence-corrected chi connectivity index (χ3v) is 5.59. The molecule has 2 heterocycles. The molecule has 2 aromatic rings. The monoisotopic (exact) mass is 389 g/mol. The van der Waals surface area contributed by atoms with Gasteiger partial charge in [0.2, 0.25) is 0 Å². The van der Waals surface area contributed by atoms with Gasteiger partial charge in [-0.3, -0.25) is 9.78 Å². The number of rotatable bonds is 2. The fraction of sp³-hybridized carbons (Fsp3) is 0.0909. The van der Waals surface area contributed by atoms with Crippen LogP contribution in [-0.4, -0.2) is 17.9 Å². The summed E-state index contributed by atoms with van der Waals surface area (Å²) < 4.78 is 1.76. The number of pyridine rings is 1. The van der Waals surface area contributed by atoms with Crippen molar-refractivity contribution in [3.63, 3.8) is 0 Å². The predicted octanol–water partition coefficient (Wildman–Crippen LogP) is 3.53. The van der Waals surface area contributed by atoms with Crippen LogP contribution in [0.2, 0.25) is 0 Å². The Hall–Kier alpha value is -0.920. The summed E-state index contributed by atoms with van der Waals surface area (Å²) in [5.41, 5.74) is 6.92. The van der Waals surface area contributed by atoms with E-state index in [0.29, 0.717) is 16.3 Å². The molecule has 0 saturated carbocycles. The van der Waals surface area contributed by atoms with Gasteiger partial charge >= 0.3 is 0 Å². The summed E-state index contributed by atoms with van der Waals surface area (Å²) in [6.45, 7) is 0. The van der Waals surface area contributed by atoms with Gasteiger partial charge in [-0.1, -0.05) is 0 Å². The van der Waals surface area contributed by atoms with Crippen LogP contribution in [0.25, 0.3) is 0 Å². The van der Waals surface area contributed by atoms with Crippen LogP contribution in [0, 0.1) is 0 Å². The third-order valence-electron chi connectivity index (χ3n) is 2.35. The Kier molecular flexibility index (Phi) is 4.04. The highest BCUT2D eigenvalue weighted by molar-refractivity contribution is 9.13. The molecule has 18 heavy (non-hydrogen) atoms. The molecule has 7 heteroatoms. The number of aromatic nitrogens is 1. The van der Waals surface area contributed by atoms with Crippen molar-refractivity contribution in [3.05, 3.63) is 37.7 Å². The molecule has 0 radical (unpaired) electrons. The van der Waals surface area contributed by atoms with Crippen molar-refractivity contribution in [3.8, 4) is 0 Å². The molecular weight excluding hydrogens is 382 g/mol. The normalized spacial score (nSPS) is 10.4. The molecule has 0 aliphatic rings. The fourth-order valence-electron chi connectivity index (χ4n) is 1.43. The number of nitrogens with two attached hydrogens (primary N) is 1. The van der Waals surface area contributed by atoms with Crippen LogP contribution in [0.5, 0.6) is 0 Å². The van der Waals surface area contributed by atoms with Gasteiger partial charge in [0.15, 0.2) is 0 Å². The largest absolute Gasteiger partial charge is 0.396 e. The minimum atomic E-state index is -0.107. The van der Waals surface area contributed by atoms with Gasteiger partial charge in [-0.15, -0.1) is 11.3 Å².